The molecule has 1 aliphatic carbocycles. The average molecular weight is 410 g/mol. The molecule has 3 nitrogen and oxygen atoms in total. The van der Waals surface area contributed by atoms with Crippen LogP contribution in [-0.4, -0.2) is 18.4 Å². The van der Waals surface area contributed by atoms with Crippen LogP contribution in [0.25, 0.3) is 6.08 Å². The summed E-state index contributed by atoms with van der Waals surface area (Å²) in [6.07, 6.45) is 5.31. The molecule has 2 unspecified atom stereocenters. The number of carbonyl (C=O) groups is 2. The number of alkyl halides is 3. The second-order valence-electron chi connectivity index (χ2n) is 7.52. The van der Waals surface area contributed by atoms with E-state index in [4.69, 9.17) is 4.74 Å². The molecule has 0 N–H and O–H groups in total. The number of halogens is 3. The lowest BCUT2D eigenvalue weighted by molar-refractivity contribution is -0.143. The van der Waals surface area contributed by atoms with Crippen LogP contribution in [0.15, 0.2) is 30.3 Å². The van der Waals surface area contributed by atoms with Gasteiger partial charge in [-0.2, -0.15) is 13.2 Å². The second-order valence-corrected chi connectivity index (χ2v) is 7.52. The van der Waals surface area contributed by atoms with Gasteiger partial charge < -0.3 is 4.74 Å². The summed E-state index contributed by atoms with van der Waals surface area (Å²) in [7, 11) is 0. The summed E-state index contributed by atoms with van der Waals surface area (Å²) in [5.74, 6) is 0.104. The molecule has 0 amide bonds. The van der Waals surface area contributed by atoms with Gasteiger partial charge in [0.1, 0.15) is 5.78 Å². The zero-order valence-corrected chi connectivity index (χ0v) is 16.8. The molecule has 1 aliphatic rings. The number of esters is 1. The van der Waals surface area contributed by atoms with E-state index >= 15 is 0 Å². The van der Waals surface area contributed by atoms with E-state index in [1.165, 1.54) is 6.07 Å². The van der Waals surface area contributed by atoms with Crippen molar-refractivity contribution in [2.24, 2.45) is 11.8 Å². The Morgan fingerprint density at radius 1 is 1.21 bits per heavy atom. The maximum absolute atomic E-state index is 12.8. The van der Waals surface area contributed by atoms with Gasteiger partial charge in [-0.3, -0.25) is 9.59 Å². The van der Waals surface area contributed by atoms with E-state index in [1.54, 1.807) is 19.1 Å². The fourth-order valence-electron chi connectivity index (χ4n) is 3.81. The summed E-state index contributed by atoms with van der Waals surface area (Å²) in [5, 5.41) is 0. The fourth-order valence-corrected chi connectivity index (χ4v) is 3.81. The summed E-state index contributed by atoms with van der Waals surface area (Å²) in [6.45, 7) is 2.19. The zero-order chi connectivity index (χ0) is 21.3. The first kappa shape index (κ1) is 23.2. The Morgan fingerprint density at radius 2 is 1.97 bits per heavy atom. The van der Waals surface area contributed by atoms with E-state index in [9.17, 15) is 22.8 Å². The van der Waals surface area contributed by atoms with Crippen molar-refractivity contribution < 1.29 is 27.5 Å². The molecular formula is C23H29F3O3. The van der Waals surface area contributed by atoms with Crippen molar-refractivity contribution in [1.82, 2.24) is 0 Å². The van der Waals surface area contributed by atoms with Crippen molar-refractivity contribution in [3.63, 3.8) is 0 Å². The average Bonchev–Trinajstić information content (AvgIpc) is 3.02. The molecular weight excluding hydrogens is 381 g/mol. The van der Waals surface area contributed by atoms with Crippen molar-refractivity contribution in [2.75, 3.05) is 6.61 Å². The summed E-state index contributed by atoms with van der Waals surface area (Å²) >= 11 is 0. The number of ether oxygens (including phenoxy) is 1. The molecule has 6 heteroatoms. The quantitative estimate of drug-likeness (QED) is 0.340. The van der Waals surface area contributed by atoms with Crippen LogP contribution in [0.2, 0.25) is 0 Å². The van der Waals surface area contributed by atoms with Crippen LogP contribution >= 0.6 is 0 Å². The number of allylic oxidation sites excluding steroid dienone is 1. The minimum atomic E-state index is -4.36. The van der Waals surface area contributed by atoms with Crippen molar-refractivity contribution in [1.29, 1.82) is 0 Å². The molecule has 160 valence electrons. The summed E-state index contributed by atoms with van der Waals surface area (Å²) in [4.78, 5) is 23.5. The van der Waals surface area contributed by atoms with Crippen molar-refractivity contribution >= 4 is 17.8 Å². The van der Waals surface area contributed by atoms with Crippen molar-refractivity contribution in [3.05, 3.63) is 41.5 Å². The topological polar surface area (TPSA) is 43.4 Å². The number of unbranched alkanes of at least 4 members (excludes halogenated alkanes) is 3. The third kappa shape index (κ3) is 7.67. The largest absolute Gasteiger partial charge is 0.466 e. The van der Waals surface area contributed by atoms with E-state index in [0.717, 1.165) is 50.7 Å². The number of carbonyl (C=O) groups excluding carboxylic acids is 2. The van der Waals surface area contributed by atoms with Crippen LogP contribution in [0.5, 0.6) is 0 Å². The van der Waals surface area contributed by atoms with Crippen LogP contribution in [0.4, 0.5) is 13.2 Å². The van der Waals surface area contributed by atoms with E-state index in [1.807, 2.05) is 6.08 Å². The Morgan fingerprint density at radius 3 is 2.69 bits per heavy atom. The second kappa shape index (κ2) is 11.2. The third-order valence-corrected chi connectivity index (χ3v) is 5.36. The van der Waals surface area contributed by atoms with Crippen LogP contribution < -0.4 is 0 Å². The van der Waals surface area contributed by atoms with Gasteiger partial charge in [0.15, 0.2) is 0 Å². The highest BCUT2D eigenvalue weighted by Crippen LogP contribution is 2.35. The number of Topliss-reactive ketones (excluding diaryl/α,β-unsaturated/α-hetero) is 1. The molecule has 0 radical (unpaired) electrons. The Hall–Kier alpha value is -2.11. The molecule has 0 spiro atoms. The van der Waals surface area contributed by atoms with Crippen LogP contribution in [0.1, 0.15) is 69.4 Å². The van der Waals surface area contributed by atoms with Crippen molar-refractivity contribution in [2.45, 2.75) is 64.5 Å². The number of ketones is 1. The summed E-state index contributed by atoms with van der Waals surface area (Å²) in [6, 6.07) is 5.23. The van der Waals surface area contributed by atoms with Gasteiger partial charge in [-0.25, -0.2) is 0 Å². The Labute approximate surface area is 170 Å². The standard InChI is InChI=1S/C23H29F3O3/c1-2-29-22(28)11-6-4-3-5-10-20-18(14-15-21(20)27)13-12-17-8-7-9-19(16-17)23(24,25)26/h7-9,12-13,16,18,20H,2-6,10-11,14-15H2,1H3. The highest BCUT2D eigenvalue weighted by Gasteiger charge is 2.32. The monoisotopic (exact) mass is 410 g/mol. The van der Waals surface area contributed by atoms with Gasteiger partial charge in [-0.15, -0.1) is 0 Å². The molecule has 0 bridgehead atoms. The lowest BCUT2D eigenvalue weighted by Gasteiger charge is -2.15. The smallest absolute Gasteiger partial charge is 0.416 e. The predicted molar refractivity (Wildman–Crippen MR) is 106 cm³/mol. The molecule has 0 saturated heterocycles. The van der Waals surface area contributed by atoms with Gasteiger partial charge in [0.05, 0.1) is 12.2 Å². The maximum atomic E-state index is 12.8. The molecule has 2 atom stereocenters. The SMILES string of the molecule is CCOC(=O)CCCCCCC1C(=O)CCC1C=Cc1cccc(C(F)(F)F)c1. The lowest BCUT2D eigenvalue weighted by Crippen LogP contribution is -2.13. The van der Waals surface area contributed by atoms with Crippen LogP contribution in [-0.2, 0) is 20.5 Å². The van der Waals surface area contributed by atoms with Gasteiger partial charge in [-0.05, 0) is 49.8 Å². The summed E-state index contributed by atoms with van der Waals surface area (Å²) < 4.78 is 43.4. The van der Waals surface area contributed by atoms with Crippen LogP contribution in [0, 0.1) is 11.8 Å². The Bertz CT molecular complexity index is 710. The normalized spacial score (nSPS) is 19.8. The van der Waals surface area contributed by atoms with Gasteiger partial charge in [0.2, 0.25) is 0 Å². The number of rotatable bonds is 10. The minimum Gasteiger partial charge on any atom is -0.466 e. The molecule has 0 aliphatic heterocycles. The molecule has 1 aromatic rings. The van der Waals surface area contributed by atoms with Gasteiger partial charge >= 0.3 is 12.1 Å². The van der Waals surface area contributed by atoms with E-state index in [0.29, 0.717) is 25.0 Å². The Kier molecular flexibility index (Phi) is 8.93. The first-order valence-corrected chi connectivity index (χ1v) is 10.3. The Balaban J connectivity index is 1.81. The molecule has 0 heterocycles. The molecule has 1 saturated carbocycles. The number of hydrogen-bond acceptors (Lipinski definition) is 3. The van der Waals surface area contributed by atoms with E-state index in [-0.39, 0.29) is 23.6 Å². The first-order chi connectivity index (χ1) is 13.8. The molecule has 2 rings (SSSR count). The van der Waals surface area contributed by atoms with Gasteiger partial charge in [-0.1, -0.05) is 43.5 Å². The predicted octanol–water partition coefficient (Wildman–Crippen LogP) is 6.22. The molecule has 29 heavy (non-hydrogen) atoms. The number of benzene rings is 1. The first-order valence-electron chi connectivity index (χ1n) is 10.3. The van der Waals surface area contributed by atoms with Gasteiger partial charge in [0, 0.05) is 18.8 Å². The van der Waals surface area contributed by atoms with Crippen LogP contribution in [0.3, 0.4) is 0 Å². The maximum Gasteiger partial charge on any atom is 0.416 e. The third-order valence-electron chi connectivity index (χ3n) is 5.36. The van der Waals surface area contributed by atoms with E-state index in [2.05, 4.69) is 0 Å². The van der Waals surface area contributed by atoms with Gasteiger partial charge in [0.25, 0.3) is 0 Å². The highest BCUT2D eigenvalue weighted by atomic mass is 19.4. The molecule has 1 fully saturated rings. The minimum absolute atomic E-state index is 0.0536. The molecule has 0 aromatic heterocycles. The molecule has 1 aromatic carbocycles. The summed E-state index contributed by atoms with van der Waals surface area (Å²) in [5.41, 5.74) is -0.168. The van der Waals surface area contributed by atoms with Crippen molar-refractivity contribution in [3.8, 4) is 0 Å². The van der Waals surface area contributed by atoms with E-state index < -0.39 is 11.7 Å². The number of hydrogen-bond donors (Lipinski definition) is 0. The lowest BCUT2D eigenvalue weighted by atomic mass is 9.89. The zero-order valence-electron chi connectivity index (χ0n) is 16.8. The fraction of sp³-hybridized carbons (Fsp3) is 0.565. The highest BCUT2D eigenvalue weighted by molar-refractivity contribution is 5.84.